The van der Waals surface area contributed by atoms with Crippen molar-refractivity contribution in [3.63, 3.8) is 0 Å². The predicted molar refractivity (Wildman–Crippen MR) is 80.0 cm³/mol. The Labute approximate surface area is 124 Å². The van der Waals surface area contributed by atoms with Crippen molar-refractivity contribution in [1.82, 2.24) is 15.2 Å². The van der Waals surface area contributed by atoms with Crippen molar-refractivity contribution in [3.8, 4) is 0 Å². The molecule has 1 aromatic heterocycles. The Morgan fingerprint density at radius 1 is 1.55 bits per heavy atom. The molecule has 1 saturated heterocycles. The van der Waals surface area contributed by atoms with Crippen LogP contribution in [-0.2, 0) is 11.3 Å². The van der Waals surface area contributed by atoms with Gasteiger partial charge in [-0.1, -0.05) is 6.92 Å². The number of nitrogens with one attached hydrogen (secondary N) is 1. The molecule has 1 aromatic rings. The number of nitrogens with zero attached hydrogens (tertiary/aromatic N) is 2. The number of ether oxygens (including phenoxy) is 1. The second kappa shape index (κ2) is 6.10. The highest BCUT2D eigenvalue weighted by atomic mass is 32.1. The number of urea groups is 1. The lowest BCUT2D eigenvalue weighted by atomic mass is 10.0. The standard InChI is InChI=1S/C14H23N3O2S/c1-5-14(4)9-17(6-7-19-14)13(18)15-8-12-10(2)16-11(3)20-12/h5-9H2,1-4H3,(H,15,18). The number of hydrogen-bond donors (Lipinski definition) is 1. The Bertz CT molecular complexity index is 489. The Kier molecular flexibility index (Phi) is 4.65. The summed E-state index contributed by atoms with van der Waals surface area (Å²) in [4.78, 5) is 19.6. The Balaban J connectivity index is 1.90. The number of thiazole rings is 1. The van der Waals surface area contributed by atoms with E-state index in [1.165, 1.54) is 0 Å². The summed E-state index contributed by atoms with van der Waals surface area (Å²) in [5.41, 5.74) is 0.792. The molecule has 5 nitrogen and oxygen atoms in total. The lowest BCUT2D eigenvalue weighted by Crippen LogP contribution is -2.54. The van der Waals surface area contributed by atoms with Crippen molar-refractivity contribution in [2.24, 2.45) is 0 Å². The molecule has 0 bridgehead atoms. The van der Waals surface area contributed by atoms with E-state index in [2.05, 4.69) is 24.1 Å². The van der Waals surface area contributed by atoms with E-state index in [0.29, 0.717) is 26.2 Å². The van der Waals surface area contributed by atoms with Crippen LogP contribution >= 0.6 is 11.3 Å². The van der Waals surface area contributed by atoms with Crippen LogP contribution in [0.3, 0.4) is 0 Å². The van der Waals surface area contributed by atoms with E-state index in [0.717, 1.165) is 22.0 Å². The molecule has 2 heterocycles. The molecular formula is C14H23N3O2S. The number of carbonyl (C=O) groups excluding carboxylic acids is 1. The van der Waals surface area contributed by atoms with Gasteiger partial charge >= 0.3 is 6.03 Å². The summed E-state index contributed by atoms with van der Waals surface area (Å²) in [5.74, 6) is 0. The molecule has 1 aliphatic rings. The number of aryl methyl sites for hydroxylation is 2. The fourth-order valence-corrected chi connectivity index (χ4v) is 3.20. The number of aromatic nitrogens is 1. The van der Waals surface area contributed by atoms with Crippen molar-refractivity contribution in [1.29, 1.82) is 0 Å². The maximum absolute atomic E-state index is 12.2. The Morgan fingerprint density at radius 2 is 2.30 bits per heavy atom. The Hall–Kier alpha value is -1.14. The van der Waals surface area contributed by atoms with E-state index in [4.69, 9.17) is 4.74 Å². The first-order valence-electron chi connectivity index (χ1n) is 7.03. The van der Waals surface area contributed by atoms with Crippen molar-refractivity contribution >= 4 is 17.4 Å². The lowest BCUT2D eigenvalue weighted by Gasteiger charge is -2.39. The monoisotopic (exact) mass is 297 g/mol. The van der Waals surface area contributed by atoms with Crippen LogP contribution in [0.25, 0.3) is 0 Å². The fourth-order valence-electron chi connectivity index (χ4n) is 2.32. The largest absolute Gasteiger partial charge is 0.372 e. The molecule has 0 spiro atoms. The van der Waals surface area contributed by atoms with Crippen LogP contribution < -0.4 is 5.32 Å². The van der Waals surface area contributed by atoms with Crippen LogP contribution in [0.1, 0.15) is 35.8 Å². The number of amides is 2. The lowest BCUT2D eigenvalue weighted by molar-refractivity contribution is -0.0872. The SMILES string of the molecule is CCC1(C)CN(C(=O)NCc2sc(C)nc2C)CCO1. The molecule has 1 fully saturated rings. The molecule has 1 aliphatic heterocycles. The predicted octanol–water partition coefficient (Wildman–Crippen LogP) is 2.47. The molecule has 20 heavy (non-hydrogen) atoms. The van der Waals surface area contributed by atoms with Crippen molar-refractivity contribution in [2.45, 2.75) is 46.3 Å². The average Bonchev–Trinajstić information content (AvgIpc) is 2.74. The zero-order chi connectivity index (χ0) is 14.8. The zero-order valence-corrected chi connectivity index (χ0v) is 13.5. The van der Waals surface area contributed by atoms with Gasteiger partial charge in [0.1, 0.15) is 0 Å². The Morgan fingerprint density at radius 3 is 2.90 bits per heavy atom. The minimum Gasteiger partial charge on any atom is -0.372 e. The van der Waals surface area contributed by atoms with Gasteiger partial charge in [-0.25, -0.2) is 9.78 Å². The van der Waals surface area contributed by atoms with E-state index in [9.17, 15) is 4.79 Å². The van der Waals surface area contributed by atoms with E-state index in [1.54, 1.807) is 11.3 Å². The highest BCUT2D eigenvalue weighted by Gasteiger charge is 2.32. The van der Waals surface area contributed by atoms with Crippen LogP contribution in [0.15, 0.2) is 0 Å². The molecule has 0 radical (unpaired) electrons. The summed E-state index contributed by atoms with van der Waals surface area (Å²) in [7, 11) is 0. The smallest absolute Gasteiger partial charge is 0.317 e. The fraction of sp³-hybridized carbons (Fsp3) is 0.714. The van der Waals surface area contributed by atoms with Gasteiger partial charge in [0.15, 0.2) is 0 Å². The summed E-state index contributed by atoms with van der Waals surface area (Å²) in [5, 5.41) is 4.03. The third kappa shape index (κ3) is 3.49. The second-order valence-corrected chi connectivity index (χ2v) is 6.76. The zero-order valence-electron chi connectivity index (χ0n) is 12.7. The summed E-state index contributed by atoms with van der Waals surface area (Å²) in [6.45, 7) is 10.6. The highest BCUT2D eigenvalue weighted by molar-refractivity contribution is 7.11. The second-order valence-electron chi connectivity index (χ2n) is 5.47. The summed E-state index contributed by atoms with van der Waals surface area (Å²) in [6.07, 6.45) is 0.907. The van der Waals surface area contributed by atoms with Gasteiger partial charge in [0, 0.05) is 11.4 Å². The third-order valence-corrected chi connectivity index (χ3v) is 4.84. The van der Waals surface area contributed by atoms with Gasteiger partial charge < -0.3 is 15.0 Å². The number of carbonyl (C=O) groups is 1. The van der Waals surface area contributed by atoms with Gasteiger partial charge in [-0.3, -0.25) is 0 Å². The summed E-state index contributed by atoms with van der Waals surface area (Å²) < 4.78 is 5.75. The number of morpholine rings is 1. The number of hydrogen-bond acceptors (Lipinski definition) is 4. The van der Waals surface area contributed by atoms with Gasteiger partial charge in [-0.2, -0.15) is 0 Å². The first-order chi connectivity index (χ1) is 9.43. The minimum absolute atomic E-state index is 0.0153. The van der Waals surface area contributed by atoms with Crippen LogP contribution in [0, 0.1) is 13.8 Å². The quantitative estimate of drug-likeness (QED) is 0.932. The maximum atomic E-state index is 12.2. The van der Waals surface area contributed by atoms with Crippen LogP contribution in [0.4, 0.5) is 4.79 Å². The number of rotatable bonds is 3. The average molecular weight is 297 g/mol. The molecule has 112 valence electrons. The van der Waals surface area contributed by atoms with Crippen molar-refractivity contribution in [3.05, 3.63) is 15.6 Å². The summed E-state index contributed by atoms with van der Waals surface area (Å²) >= 11 is 1.64. The van der Waals surface area contributed by atoms with E-state index in [-0.39, 0.29) is 11.6 Å². The topological polar surface area (TPSA) is 54.5 Å². The van der Waals surface area contributed by atoms with Gasteiger partial charge in [0.05, 0.1) is 36.0 Å². The van der Waals surface area contributed by atoms with Crippen molar-refractivity contribution in [2.75, 3.05) is 19.7 Å². The molecule has 0 aromatic carbocycles. The first-order valence-corrected chi connectivity index (χ1v) is 7.85. The molecule has 1 atom stereocenters. The van der Waals surface area contributed by atoms with Crippen LogP contribution in [0.2, 0.25) is 0 Å². The minimum atomic E-state index is -0.216. The normalized spacial score (nSPS) is 22.9. The molecule has 0 saturated carbocycles. The molecule has 0 aliphatic carbocycles. The highest BCUT2D eigenvalue weighted by Crippen LogP contribution is 2.21. The van der Waals surface area contributed by atoms with E-state index >= 15 is 0 Å². The molecule has 2 amide bonds. The van der Waals surface area contributed by atoms with Crippen molar-refractivity contribution < 1.29 is 9.53 Å². The van der Waals surface area contributed by atoms with Gasteiger partial charge in [0.2, 0.25) is 0 Å². The van der Waals surface area contributed by atoms with E-state index < -0.39 is 0 Å². The molecule has 2 rings (SSSR count). The van der Waals surface area contributed by atoms with Gasteiger partial charge in [-0.15, -0.1) is 11.3 Å². The van der Waals surface area contributed by atoms with Gasteiger partial charge in [0.25, 0.3) is 0 Å². The third-order valence-electron chi connectivity index (χ3n) is 3.77. The van der Waals surface area contributed by atoms with E-state index in [1.807, 2.05) is 18.7 Å². The first kappa shape index (κ1) is 15.3. The molecule has 6 heteroatoms. The molecular weight excluding hydrogens is 274 g/mol. The molecule has 1 N–H and O–H groups in total. The molecule has 1 unspecified atom stereocenters. The maximum Gasteiger partial charge on any atom is 0.317 e. The van der Waals surface area contributed by atoms with Crippen LogP contribution in [-0.4, -0.2) is 41.2 Å². The van der Waals surface area contributed by atoms with Gasteiger partial charge in [-0.05, 0) is 27.2 Å². The summed E-state index contributed by atoms with van der Waals surface area (Å²) in [6, 6.07) is -0.0153. The van der Waals surface area contributed by atoms with Crippen LogP contribution in [0.5, 0.6) is 0 Å².